The zero-order valence-corrected chi connectivity index (χ0v) is 19.2. The molecular weight excluding hydrogens is 440 g/mol. The van der Waals surface area contributed by atoms with E-state index < -0.39 is 6.10 Å². The van der Waals surface area contributed by atoms with E-state index in [1.165, 1.54) is 0 Å². The number of nitrogens with zero attached hydrogens (tertiary/aromatic N) is 2. The van der Waals surface area contributed by atoms with Crippen LogP contribution in [-0.4, -0.2) is 37.5 Å². The smallest absolute Gasteiger partial charge is 0.271 e. The summed E-state index contributed by atoms with van der Waals surface area (Å²) in [5.41, 5.74) is 1.51. The first-order valence-electron chi connectivity index (χ1n) is 10.8. The first-order chi connectivity index (χ1) is 16.1. The Balaban J connectivity index is 1.57. The molecule has 1 heterocycles. The molecule has 4 rings (SSSR count). The molecule has 0 radical (unpaired) electrons. The van der Waals surface area contributed by atoms with Gasteiger partial charge in [-0.25, -0.2) is 0 Å². The van der Waals surface area contributed by atoms with Gasteiger partial charge in [0.15, 0.2) is 0 Å². The second-order valence-electron chi connectivity index (χ2n) is 7.32. The van der Waals surface area contributed by atoms with Crippen molar-refractivity contribution >= 4 is 35.1 Å². The van der Waals surface area contributed by atoms with Gasteiger partial charge in [-0.05, 0) is 86.6 Å². The highest BCUT2D eigenvalue weighted by Gasteiger charge is 2.49. The summed E-state index contributed by atoms with van der Waals surface area (Å²) in [5, 5.41) is 0.604. The number of β-lactam (4-membered cyclic amide) rings is 1. The predicted octanol–water partition coefficient (Wildman–Crippen LogP) is 5.70. The highest BCUT2D eigenvalue weighted by atomic mass is 35.5. The zero-order chi connectivity index (χ0) is 23.2. The monoisotopic (exact) mass is 464 g/mol. The van der Waals surface area contributed by atoms with Gasteiger partial charge in [-0.15, -0.1) is 0 Å². The number of benzene rings is 3. The molecule has 2 atom stereocenters. The first-order valence-corrected chi connectivity index (χ1v) is 11.2. The lowest BCUT2D eigenvalue weighted by atomic mass is 9.97. The number of hydrogen-bond acceptors (Lipinski definition) is 5. The molecule has 1 amide bonds. The topological polar surface area (TPSA) is 60.4 Å². The number of ether oxygens (including phenoxy) is 3. The molecular formula is C26H25ClN2O4. The Morgan fingerprint density at radius 1 is 0.848 bits per heavy atom. The van der Waals surface area contributed by atoms with E-state index in [4.69, 9.17) is 25.8 Å². The van der Waals surface area contributed by atoms with E-state index in [-0.39, 0.29) is 11.9 Å². The van der Waals surface area contributed by atoms with E-state index in [0.29, 0.717) is 24.0 Å². The maximum atomic E-state index is 13.0. The van der Waals surface area contributed by atoms with Gasteiger partial charge in [0.2, 0.25) is 6.10 Å². The summed E-state index contributed by atoms with van der Waals surface area (Å²) in [7, 11) is 0. The molecule has 1 fully saturated rings. The standard InChI is InChI=1S/C26H25ClN2O4/c1-3-31-21-13-7-19(8-14-21)28-17-24-25(33-23-11-5-18(27)6-12-23)26(30)29(24)20-9-15-22(16-10-20)32-4-2/h5-17,24-25H,3-4H2,1-2H3/t24-,25-/m0/s1. The van der Waals surface area contributed by atoms with E-state index in [1.807, 2.05) is 62.4 Å². The maximum absolute atomic E-state index is 13.0. The molecule has 7 heteroatoms. The van der Waals surface area contributed by atoms with Crippen molar-refractivity contribution in [3.63, 3.8) is 0 Å². The molecule has 33 heavy (non-hydrogen) atoms. The molecule has 0 aliphatic carbocycles. The van der Waals surface area contributed by atoms with Crippen molar-refractivity contribution in [3.8, 4) is 17.2 Å². The number of aliphatic imine (C=N–C) groups is 1. The fourth-order valence-corrected chi connectivity index (χ4v) is 3.66. The van der Waals surface area contributed by atoms with Crippen molar-refractivity contribution in [1.82, 2.24) is 0 Å². The van der Waals surface area contributed by atoms with Crippen LogP contribution in [0.4, 0.5) is 11.4 Å². The van der Waals surface area contributed by atoms with Crippen LogP contribution < -0.4 is 19.1 Å². The molecule has 1 saturated heterocycles. The minimum Gasteiger partial charge on any atom is -0.494 e. The number of carbonyl (C=O) groups excluding carboxylic acids is 1. The second-order valence-corrected chi connectivity index (χ2v) is 7.76. The molecule has 0 spiro atoms. The quantitative estimate of drug-likeness (QED) is 0.301. The molecule has 0 N–H and O–H groups in total. The summed E-state index contributed by atoms with van der Waals surface area (Å²) < 4.78 is 17.0. The van der Waals surface area contributed by atoms with Crippen LogP contribution in [0.25, 0.3) is 0 Å². The third-order valence-electron chi connectivity index (χ3n) is 5.12. The van der Waals surface area contributed by atoms with E-state index in [9.17, 15) is 4.79 Å². The second kappa shape index (κ2) is 10.4. The maximum Gasteiger partial charge on any atom is 0.271 e. The Labute approximate surface area is 198 Å². The van der Waals surface area contributed by atoms with E-state index in [0.717, 1.165) is 22.9 Å². The van der Waals surface area contributed by atoms with Crippen LogP contribution in [0, 0.1) is 0 Å². The molecule has 3 aromatic rings. The van der Waals surface area contributed by atoms with Gasteiger partial charge in [0.05, 0.1) is 18.9 Å². The third-order valence-corrected chi connectivity index (χ3v) is 5.37. The molecule has 6 nitrogen and oxygen atoms in total. The predicted molar refractivity (Wildman–Crippen MR) is 131 cm³/mol. The van der Waals surface area contributed by atoms with Crippen LogP contribution >= 0.6 is 11.6 Å². The number of halogens is 1. The van der Waals surface area contributed by atoms with Crippen molar-refractivity contribution in [1.29, 1.82) is 0 Å². The van der Waals surface area contributed by atoms with Crippen LogP contribution in [0.1, 0.15) is 13.8 Å². The Hall–Kier alpha value is -3.51. The van der Waals surface area contributed by atoms with Crippen molar-refractivity contribution in [2.75, 3.05) is 18.1 Å². The number of amides is 1. The van der Waals surface area contributed by atoms with Gasteiger partial charge in [-0.2, -0.15) is 0 Å². The lowest BCUT2D eigenvalue weighted by Gasteiger charge is -2.44. The van der Waals surface area contributed by atoms with Gasteiger partial charge in [0.25, 0.3) is 5.91 Å². The molecule has 0 unspecified atom stereocenters. The largest absolute Gasteiger partial charge is 0.494 e. The SMILES string of the molecule is CCOc1ccc(N=C[C@H]2[C@H](Oc3ccc(Cl)cc3)C(=O)N2c2ccc(OCC)cc2)cc1. The summed E-state index contributed by atoms with van der Waals surface area (Å²) in [4.78, 5) is 19.3. The molecule has 1 aliphatic rings. The van der Waals surface area contributed by atoms with E-state index >= 15 is 0 Å². The zero-order valence-electron chi connectivity index (χ0n) is 18.5. The van der Waals surface area contributed by atoms with Gasteiger partial charge in [-0.3, -0.25) is 14.7 Å². The Morgan fingerprint density at radius 3 is 1.97 bits per heavy atom. The summed E-state index contributed by atoms with van der Waals surface area (Å²) in [5.74, 6) is 1.97. The van der Waals surface area contributed by atoms with Gasteiger partial charge >= 0.3 is 0 Å². The van der Waals surface area contributed by atoms with Gasteiger partial charge < -0.3 is 14.2 Å². The van der Waals surface area contributed by atoms with Gasteiger partial charge in [0.1, 0.15) is 23.3 Å². The van der Waals surface area contributed by atoms with Crippen LogP contribution in [0.5, 0.6) is 17.2 Å². The van der Waals surface area contributed by atoms with Crippen molar-refractivity contribution < 1.29 is 19.0 Å². The molecule has 1 aliphatic heterocycles. The highest BCUT2D eigenvalue weighted by Crippen LogP contribution is 2.32. The lowest BCUT2D eigenvalue weighted by molar-refractivity contribution is -0.132. The molecule has 0 saturated carbocycles. The number of carbonyl (C=O) groups is 1. The van der Waals surface area contributed by atoms with Crippen molar-refractivity contribution in [2.24, 2.45) is 4.99 Å². The number of hydrogen-bond donors (Lipinski definition) is 0. The van der Waals surface area contributed by atoms with Crippen LogP contribution in [0.2, 0.25) is 5.02 Å². The van der Waals surface area contributed by atoms with E-state index in [2.05, 4.69) is 4.99 Å². The van der Waals surface area contributed by atoms with Crippen LogP contribution in [-0.2, 0) is 4.79 Å². The minimum atomic E-state index is -0.691. The average Bonchev–Trinajstić information content (AvgIpc) is 2.83. The molecule has 0 aromatic heterocycles. The van der Waals surface area contributed by atoms with Crippen LogP contribution in [0.3, 0.4) is 0 Å². The van der Waals surface area contributed by atoms with Gasteiger partial charge in [0, 0.05) is 16.9 Å². The minimum absolute atomic E-state index is 0.141. The van der Waals surface area contributed by atoms with Gasteiger partial charge in [-0.1, -0.05) is 11.6 Å². The Kier molecular flexibility index (Phi) is 7.15. The first kappa shape index (κ1) is 22.7. The van der Waals surface area contributed by atoms with Crippen LogP contribution in [0.15, 0.2) is 77.8 Å². The molecule has 0 bridgehead atoms. The number of anilines is 1. The molecule has 3 aromatic carbocycles. The van der Waals surface area contributed by atoms with Crippen molar-refractivity contribution in [3.05, 3.63) is 77.8 Å². The fourth-order valence-electron chi connectivity index (χ4n) is 3.53. The van der Waals surface area contributed by atoms with E-state index in [1.54, 1.807) is 35.4 Å². The summed E-state index contributed by atoms with van der Waals surface area (Å²) in [6, 6.07) is 21.5. The fraction of sp³-hybridized carbons (Fsp3) is 0.231. The highest BCUT2D eigenvalue weighted by molar-refractivity contribution is 6.30. The third kappa shape index (κ3) is 5.29. The summed E-state index contributed by atoms with van der Waals surface area (Å²) in [6.45, 7) is 5.05. The van der Waals surface area contributed by atoms with Crippen molar-refractivity contribution in [2.45, 2.75) is 26.0 Å². The Bertz CT molecular complexity index is 1100. The molecule has 170 valence electrons. The normalized spacial score (nSPS) is 17.7. The number of rotatable bonds is 9. The average molecular weight is 465 g/mol. The Morgan fingerprint density at radius 2 is 1.39 bits per heavy atom. The summed E-state index contributed by atoms with van der Waals surface area (Å²) >= 11 is 5.97. The lowest BCUT2D eigenvalue weighted by Crippen LogP contribution is -2.68. The summed E-state index contributed by atoms with van der Waals surface area (Å²) in [6.07, 6.45) is 1.05.